The topological polar surface area (TPSA) is 111 Å². The number of aromatic nitrogens is 4. The molecule has 8 nitrogen and oxygen atoms in total. The molecule has 0 bridgehead atoms. The summed E-state index contributed by atoms with van der Waals surface area (Å²) in [6.07, 6.45) is 3.51. The Morgan fingerprint density at radius 1 is 1.13 bits per heavy atom. The first-order valence-corrected chi connectivity index (χ1v) is 9.90. The van der Waals surface area contributed by atoms with Crippen LogP contribution >= 0.6 is 0 Å². The SMILES string of the molecule is NC(O)c1ccc(-c2cnc(OC3CCNC3)nc2-n2cnc3ccccc32)cc1. The van der Waals surface area contributed by atoms with E-state index in [-0.39, 0.29) is 6.10 Å². The van der Waals surface area contributed by atoms with Gasteiger partial charge in [0, 0.05) is 18.3 Å². The summed E-state index contributed by atoms with van der Waals surface area (Å²) in [6.45, 7) is 1.72. The number of aliphatic hydroxyl groups is 1. The third kappa shape index (κ3) is 3.52. The van der Waals surface area contributed by atoms with Gasteiger partial charge in [-0.15, -0.1) is 0 Å². The number of imidazole rings is 1. The second-order valence-corrected chi connectivity index (χ2v) is 7.29. The molecule has 0 amide bonds. The first-order valence-electron chi connectivity index (χ1n) is 9.90. The summed E-state index contributed by atoms with van der Waals surface area (Å²) in [5, 5.41) is 12.9. The molecule has 0 saturated carbocycles. The molecular formula is C22H22N6O2. The molecule has 4 N–H and O–H groups in total. The predicted octanol–water partition coefficient (Wildman–Crippen LogP) is 2.17. The molecule has 2 unspecified atom stereocenters. The second kappa shape index (κ2) is 7.83. The first-order chi connectivity index (χ1) is 14.7. The molecule has 3 heterocycles. The van der Waals surface area contributed by atoms with Crippen LogP contribution in [0.3, 0.4) is 0 Å². The number of aliphatic hydroxyl groups excluding tert-OH is 1. The minimum atomic E-state index is -1.01. The van der Waals surface area contributed by atoms with Gasteiger partial charge in [-0.25, -0.2) is 9.97 Å². The molecule has 1 saturated heterocycles. The van der Waals surface area contributed by atoms with Gasteiger partial charge in [-0.3, -0.25) is 4.57 Å². The molecule has 1 aliphatic heterocycles. The molecule has 1 fully saturated rings. The highest BCUT2D eigenvalue weighted by atomic mass is 16.5. The number of nitrogens with one attached hydrogen (secondary N) is 1. The molecule has 0 radical (unpaired) electrons. The Balaban J connectivity index is 1.62. The van der Waals surface area contributed by atoms with Gasteiger partial charge in [0.25, 0.3) is 0 Å². The van der Waals surface area contributed by atoms with Crippen LogP contribution in [-0.2, 0) is 0 Å². The van der Waals surface area contributed by atoms with Crippen LogP contribution in [0.2, 0.25) is 0 Å². The lowest BCUT2D eigenvalue weighted by molar-refractivity contribution is 0.186. The molecule has 0 aliphatic carbocycles. The molecule has 2 aromatic carbocycles. The van der Waals surface area contributed by atoms with E-state index in [0.717, 1.165) is 41.7 Å². The number of fused-ring (bicyclic) bond motifs is 1. The number of para-hydroxylation sites is 2. The molecule has 2 aromatic heterocycles. The highest BCUT2D eigenvalue weighted by Crippen LogP contribution is 2.29. The lowest BCUT2D eigenvalue weighted by Gasteiger charge is -2.15. The number of hydrogen-bond donors (Lipinski definition) is 3. The number of benzene rings is 2. The van der Waals surface area contributed by atoms with E-state index in [1.165, 1.54) is 0 Å². The fraction of sp³-hybridized carbons (Fsp3) is 0.227. The largest absolute Gasteiger partial charge is 0.459 e. The summed E-state index contributed by atoms with van der Waals surface area (Å²) in [4.78, 5) is 13.7. The van der Waals surface area contributed by atoms with Crippen molar-refractivity contribution in [3.05, 3.63) is 66.6 Å². The van der Waals surface area contributed by atoms with Crippen LogP contribution in [0, 0.1) is 0 Å². The Labute approximate surface area is 173 Å². The van der Waals surface area contributed by atoms with E-state index in [9.17, 15) is 5.11 Å². The van der Waals surface area contributed by atoms with Crippen molar-refractivity contribution in [1.82, 2.24) is 24.8 Å². The Kier molecular flexibility index (Phi) is 4.88. The van der Waals surface area contributed by atoms with Crippen molar-refractivity contribution in [3.8, 4) is 23.0 Å². The zero-order valence-electron chi connectivity index (χ0n) is 16.3. The van der Waals surface area contributed by atoms with Crippen molar-refractivity contribution >= 4 is 11.0 Å². The van der Waals surface area contributed by atoms with Gasteiger partial charge in [0.2, 0.25) is 0 Å². The number of nitrogens with two attached hydrogens (primary N) is 1. The maximum Gasteiger partial charge on any atom is 0.318 e. The highest BCUT2D eigenvalue weighted by Gasteiger charge is 2.20. The highest BCUT2D eigenvalue weighted by molar-refractivity contribution is 5.80. The van der Waals surface area contributed by atoms with Crippen LogP contribution in [0.15, 0.2) is 61.1 Å². The summed E-state index contributed by atoms with van der Waals surface area (Å²) in [5.41, 5.74) is 9.76. The Morgan fingerprint density at radius 3 is 2.73 bits per heavy atom. The van der Waals surface area contributed by atoms with E-state index >= 15 is 0 Å². The fourth-order valence-electron chi connectivity index (χ4n) is 3.67. The Morgan fingerprint density at radius 2 is 1.97 bits per heavy atom. The molecule has 30 heavy (non-hydrogen) atoms. The molecular weight excluding hydrogens is 380 g/mol. The monoisotopic (exact) mass is 402 g/mol. The van der Waals surface area contributed by atoms with Gasteiger partial charge in [-0.1, -0.05) is 36.4 Å². The fourth-order valence-corrected chi connectivity index (χ4v) is 3.67. The summed E-state index contributed by atoms with van der Waals surface area (Å²) in [7, 11) is 0. The number of ether oxygens (including phenoxy) is 1. The van der Waals surface area contributed by atoms with Crippen LogP contribution in [-0.4, -0.2) is 43.8 Å². The van der Waals surface area contributed by atoms with Crippen LogP contribution in [0.4, 0.5) is 0 Å². The quantitative estimate of drug-likeness (QED) is 0.439. The lowest BCUT2D eigenvalue weighted by Crippen LogP contribution is -2.21. The van der Waals surface area contributed by atoms with Crippen molar-refractivity contribution in [2.24, 2.45) is 5.73 Å². The van der Waals surface area contributed by atoms with Crippen molar-refractivity contribution in [1.29, 1.82) is 0 Å². The summed E-state index contributed by atoms with van der Waals surface area (Å²) in [5.74, 6) is 0.681. The van der Waals surface area contributed by atoms with E-state index < -0.39 is 6.23 Å². The van der Waals surface area contributed by atoms with E-state index in [4.69, 9.17) is 15.5 Å². The van der Waals surface area contributed by atoms with Gasteiger partial charge in [0.05, 0.1) is 11.0 Å². The van der Waals surface area contributed by atoms with E-state index in [0.29, 0.717) is 17.4 Å². The Hall–Kier alpha value is -3.33. The predicted molar refractivity (Wildman–Crippen MR) is 113 cm³/mol. The summed E-state index contributed by atoms with van der Waals surface area (Å²) >= 11 is 0. The van der Waals surface area contributed by atoms with Gasteiger partial charge in [-0.05, 0) is 36.2 Å². The first kappa shape index (κ1) is 18.7. The molecule has 152 valence electrons. The normalized spacial score (nSPS) is 17.3. The molecule has 8 heteroatoms. The number of nitrogens with zero attached hydrogens (tertiary/aromatic N) is 4. The average molecular weight is 402 g/mol. The maximum atomic E-state index is 9.60. The molecule has 4 aromatic rings. The minimum absolute atomic E-state index is 0.0635. The van der Waals surface area contributed by atoms with Crippen LogP contribution in [0.1, 0.15) is 18.2 Å². The smallest absolute Gasteiger partial charge is 0.318 e. The van der Waals surface area contributed by atoms with Crippen molar-refractivity contribution in [2.75, 3.05) is 13.1 Å². The average Bonchev–Trinajstić information content (AvgIpc) is 3.43. The van der Waals surface area contributed by atoms with Gasteiger partial charge in [0.15, 0.2) is 5.82 Å². The molecule has 0 spiro atoms. The second-order valence-electron chi connectivity index (χ2n) is 7.29. The molecule has 2 atom stereocenters. The minimum Gasteiger partial charge on any atom is -0.459 e. The maximum absolute atomic E-state index is 9.60. The third-order valence-corrected chi connectivity index (χ3v) is 5.28. The molecule has 1 aliphatic rings. The van der Waals surface area contributed by atoms with Crippen LogP contribution < -0.4 is 15.8 Å². The van der Waals surface area contributed by atoms with E-state index in [1.807, 2.05) is 41.0 Å². The van der Waals surface area contributed by atoms with E-state index in [2.05, 4.69) is 15.3 Å². The van der Waals surface area contributed by atoms with Crippen molar-refractivity contribution in [3.63, 3.8) is 0 Å². The van der Waals surface area contributed by atoms with E-state index in [1.54, 1.807) is 24.7 Å². The Bertz CT molecular complexity index is 1170. The van der Waals surface area contributed by atoms with Gasteiger partial charge < -0.3 is 20.9 Å². The van der Waals surface area contributed by atoms with Gasteiger partial charge in [0.1, 0.15) is 18.7 Å². The van der Waals surface area contributed by atoms with Gasteiger partial charge in [-0.2, -0.15) is 4.98 Å². The zero-order valence-corrected chi connectivity index (χ0v) is 16.3. The van der Waals surface area contributed by atoms with Crippen LogP contribution in [0.5, 0.6) is 6.01 Å². The third-order valence-electron chi connectivity index (χ3n) is 5.28. The molecule has 5 rings (SSSR count). The van der Waals surface area contributed by atoms with Crippen LogP contribution in [0.25, 0.3) is 28.0 Å². The number of rotatable bonds is 5. The lowest BCUT2D eigenvalue weighted by atomic mass is 10.1. The number of hydrogen-bond acceptors (Lipinski definition) is 7. The summed E-state index contributed by atoms with van der Waals surface area (Å²) in [6, 6.07) is 15.6. The van der Waals surface area contributed by atoms with Crippen molar-refractivity contribution in [2.45, 2.75) is 18.8 Å². The zero-order chi connectivity index (χ0) is 20.5. The summed E-state index contributed by atoms with van der Waals surface area (Å²) < 4.78 is 7.94. The standard InChI is InChI=1S/C22H22N6O2/c23-20(29)15-7-5-14(6-8-15)17-12-25-22(30-16-9-10-24-11-16)27-21(17)28-13-26-18-3-1-2-4-19(18)28/h1-8,12-13,16,20,24,29H,9-11,23H2. The van der Waals surface area contributed by atoms with Gasteiger partial charge >= 0.3 is 6.01 Å². The van der Waals surface area contributed by atoms with Crippen molar-refractivity contribution < 1.29 is 9.84 Å².